The lowest BCUT2D eigenvalue weighted by Crippen LogP contribution is -2.45. The van der Waals surface area contributed by atoms with Crippen molar-refractivity contribution in [3.8, 4) is 0 Å². The first-order chi connectivity index (χ1) is 19.8. The highest BCUT2D eigenvalue weighted by Gasteiger charge is 2.32. The van der Waals surface area contributed by atoms with Gasteiger partial charge in [-0.2, -0.15) is 5.10 Å². The van der Waals surface area contributed by atoms with Gasteiger partial charge in [0.15, 0.2) is 0 Å². The first-order valence-electron chi connectivity index (χ1n) is 15.3. The molecule has 2 N–H and O–H groups in total. The summed E-state index contributed by atoms with van der Waals surface area (Å²) in [6.45, 7) is 10.3. The van der Waals surface area contributed by atoms with Crippen molar-refractivity contribution in [2.75, 3.05) is 19.6 Å². The van der Waals surface area contributed by atoms with Crippen LogP contribution >= 0.6 is 0 Å². The lowest BCUT2D eigenvalue weighted by molar-refractivity contribution is -0.140. The van der Waals surface area contributed by atoms with Gasteiger partial charge < -0.3 is 15.3 Å². The summed E-state index contributed by atoms with van der Waals surface area (Å²) in [5, 5.41) is 17.7. The third-order valence-corrected chi connectivity index (χ3v) is 8.54. The molecule has 2 aromatic carbocycles. The van der Waals surface area contributed by atoms with Gasteiger partial charge in [0.25, 0.3) is 0 Å². The standard InChI is InChI=1S/C28H41FN4O2.C6H6/c1-4-33-26(17-25(31-33)15-20-5-8-23(29)9-6-20)22-11-13-32(14-12-22)18-21-7-10-24(16-21)30-27(19(2)3)28(34)35;1-2-4-6-5-3-1/h5-6,8-9,17,19,21-22,24,27,30H,4,7,10-16,18H2,1-3H3,(H,34,35);1-6H. The number of piperidine rings is 1. The Morgan fingerprint density at radius 3 is 2.22 bits per heavy atom. The molecule has 2 aliphatic rings. The Balaban J connectivity index is 0.000000572. The van der Waals surface area contributed by atoms with Crippen molar-refractivity contribution in [2.45, 2.75) is 83.8 Å². The average molecular weight is 563 g/mol. The van der Waals surface area contributed by atoms with E-state index in [1.165, 1.54) is 24.2 Å². The number of benzene rings is 2. The largest absolute Gasteiger partial charge is 0.480 e. The number of hydrogen-bond acceptors (Lipinski definition) is 4. The van der Waals surface area contributed by atoms with Crippen molar-refractivity contribution in [2.24, 2.45) is 11.8 Å². The van der Waals surface area contributed by atoms with Gasteiger partial charge >= 0.3 is 5.97 Å². The molecule has 222 valence electrons. The fourth-order valence-electron chi connectivity index (χ4n) is 6.32. The molecule has 5 rings (SSSR count). The molecule has 6 nitrogen and oxygen atoms in total. The van der Waals surface area contributed by atoms with E-state index in [1.54, 1.807) is 0 Å². The quantitative estimate of drug-likeness (QED) is 0.301. The maximum absolute atomic E-state index is 13.2. The Bertz CT molecular complexity index is 1160. The van der Waals surface area contributed by atoms with Gasteiger partial charge in [-0.25, -0.2) is 4.39 Å². The zero-order valence-electron chi connectivity index (χ0n) is 24.9. The van der Waals surface area contributed by atoms with Crippen molar-refractivity contribution >= 4 is 5.97 Å². The second-order valence-electron chi connectivity index (χ2n) is 12.0. The molecule has 0 spiro atoms. The van der Waals surface area contributed by atoms with E-state index in [4.69, 9.17) is 5.10 Å². The van der Waals surface area contributed by atoms with E-state index in [2.05, 4.69) is 27.9 Å². The molecule has 7 heteroatoms. The number of carboxylic acids is 1. The van der Waals surface area contributed by atoms with Gasteiger partial charge in [-0.3, -0.25) is 9.48 Å². The maximum Gasteiger partial charge on any atom is 0.320 e. The molecular weight excluding hydrogens is 515 g/mol. The highest BCUT2D eigenvalue weighted by atomic mass is 19.1. The summed E-state index contributed by atoms with van der Waals surface area (Å²) in [7, 11) is 0. The van der Waals surface area contributed by atoms with E-state index < -0.39 is 12.0 Å². The topological polar surface area (TPSA) is 70.4 Å². The summed E-state index contributed by atoms with van der Waals surface area (Å²) >= 11 is 0. The van der Waals surface area contributed by atoms with Gasteiger partial charge in [0.05, 0.1) is 5.69 Å². The number of carboxylic acid groups (broad SMARTS) is 1. The van der Waals surface area contributed by atoms with Crippen LogP contribution < -0.4 is 5.32 Å². The molecule has 2 heterocycles. The van der Waals surface area contributed by atoms with Crippen molar-refractivity contribution in [1.82, 2.24) is 20.0 Å². The molecule has 2 fully saturated rings. The number of nitrogens with zero attached hydrogens (tertiary/aromatic N) is 3. The van der Waals surface area contributed by atoms with Gasteiger partial charge in [0.2, 0.25) is 0 Å². The van der Waals surface area contributed by atoms with Crippen LogP contribution in [0.1, 0.15) is 75.7 Å². The molecule has 0 bridgehead atoms. The highest BCUT2D eigenvalue weighted by molar-refractivity contribution is 5.73. The Labute approximate surface area is 245 Å². The molecule has 1 aliphatic heterocycles. The summed E-state index contributed by atoms with van der Waals surface area (Å²) in [4.78, 5) is 14.1. The Morgan fingerprint density at radius 1 is 1.02 bits per heavy atom. The number of hydrogen-bond donors (Lipinski definition) is 2. The van der Waals surface area contributed by atoms with Gasteiger partial charge in [-0.1, -0.05) is 62.4 Å². The van der Waals surface area contributed by atoms with E-state index in [9.17, 15) is 14.3 Å². The first kappa shape index (κ1) is 30.9. The third kappa shape index (κ3) is 9.23. The first-order valence-corrected chi connectivity index (χ1v) is 15.3. The van der Waals surface area contributed by atoms with E-state index in [0.29, 0.717) is 17.9 Å². The van der Waals surface area contributed by atoms with Crippen LogP contribution in [0.15, 0.2) is 66.7 Å². The maximum atomic E-state index is 13.2. The summed E-state index contributed by atoms with van der Waals surface area (Å²) in [5.74, 6) is 0.330. The Morgan fingerprint density at radius 2 is 1.66 bits per heavy atom. The fraction of sp³-hybridized carbons (Fsp3) is 0.529. The smallest absolute Gasteiger partial charge is 0.320 e. The van der Waals surface area contributed by atoms with E-state index in [0.717, 1.165) is 69.5 Å². The van der Waals surface area contributed by atoms with Gasteiger partial charge in [0, 0.05) is 37.2 Å². The molecule has 1 saturated heterocycles. The van der Waals surface area contributed by atoms with Crippen LogP contribution in [0, 0.1) is 17.7 Å². The highest BCUT2D eigenvalue weighted by Crippen LogP contribution is 2.32. The molecule has 3 unspecified atom stereocenters. The summed E-state index contributed by atoms with van der Waals surface area (Å²) in [6.07, 6.45) is 6.35. The fourth-order valence-corrected chi connectivity index (χ4v) is 6.32. The van der Waals surface area contributed by atoms with Crippen LogP contribution in [0.4, 0.5) is 4.39 Å². The van der Waals surface area contributed by atoms with Crippen LogP contribution in [-0.2, 0) is 17.8 Å². The molecule has 1 aromatic heterocycles. The van der Waals surface area contributed by atoms with E-state index >= 15 is 0 Å². The summed E-state index contributed by atoms with van der Waals surface area (Å²) < 4.78 is 15.4. The molecular formula is C34H47FN4O2. The summed E-state index contributed by atoms with van der Waals surface area (Å²) in [5.41, 5.74) is 3.48. The van der Waals surface area contributed by atoms with Crippen LogP contribution in [-0.4, -0.2) is 57.5 Å². The third-order valence-electron chi connectivity index (χ3n) is 8.54. The molecule has 1 aliphatic carbocycles. The minimum atomic E-state index is -0.738. The Kier molecular flexibility index (Phi) is 11.5. The average Bonchev–Trinajstić information content (AvgIpc) is 3.60. The molecule has 3 aromatic rings. The zero-order chi connectivity index (χ0) is 29.2. The van der Waals surface area contributed by atoms with Gasteiger partial charge in [-0.05, 0) is 87.7 Å². The van der Waals surface area contributed by atoms with Gasteiger partial charge in [0.1, 0.15) is 11.9 Å². The molecule has 1 saturated carbocycles. The lowest BCUT2D eigenvalue weighted by atomic mass is 9.92. The predicted octanol–water partition coefficient (Wildman–Crippen LogP) is 6.37. The molecule has 0 radical (unpaired) electrons. The zero-order valence-corrected chi connectivity index (χ0v) is 24.9. The van der Waals surface area contributed by atoms with Crippen molar-refractivity contribution in [3.05, 3.63) is 89.5 Å². The number of aryl methyl sites for hydroxylation is 1. The number of aromatic nitrogens is 2. The van der Waals surface area contributed by atoms with Crippen LogP contribution in [0.5, 0.6) is 0 Å². The normalized spacial score (nSPS) is 20.5. The van der Waals surface area contributed by atoms with Gasteiger partial charge in [-0.15, -0.1) is 0 Å². The number of nitrogens with one attached hydrogen (secondary N) is 1. The van der Waals surface area contributed by atoms with E-state index in [-0.39, 0.29) is 11.7 Å². The second kappa shape index (κ2) is 15.3. The number of likely N-dealkylation sites (tertiary alicyclic amines) is 1. The predicted molar refractivity (Wildman–Crippen MR) is 162 cm³/mol. The van der Waals surface area contributed by atoms with Crippen molar-refractivity contribution in [3.63, 3.8) is 0 Å². The summed E-state index contributed by atoms with van der Waals surface area (Å²) in [6, 6.07) is 20.8. The molecule has 3 atom stereocenters. The van der Waals surface area contributed by atoms with Crippen molar-refractivity contribution in [1.29, 1.82) is 0 Å². The minimum absolute atomic E-state index is 0.0957. The van der Waals surface area contributed by atoms with Crippen LogP contribution in [0.3, 0.4) is 0 Å². The number of rotatable bonds is 10. The lowest BCUT2D eigenvalue weighted by Gasteiger charge is -2.33. The van der Waals surface area contributed by atoms with E-state index in [1.807, 2.05) is 62.4 Å². The van der Waals surface area contributed by atoms with Crippen LogP contribution in [0.2, 0.25) is 0 Å². The SMILES string of the molecule is CCn1nc(Cc2ccc(F)cc2)cc1C1CCN(CC2CCC(NC(C(=O)O)C(C)C)C2)CC1.c1ccccc1. The Hall–Kier alpha value is -3.03. The number of aliphatic carboxylic acids is 1. The molecule has 41 heavy (non-hydrogen) atoms. The second-order valence-corrected chi connectivity index (χ2v) is 12.0. The number of halogens is 1. The molecule has 0 amide bonds. The minimum Gasteiger partial charge on any atom is -0.480 e. The monoisotopic (exact) mass is 562 g/mol. The van der Waals surface area contributed by atoms with Crippen molar-refractivity contribution < 1.29 is 14.3 Å². The number of carbonyl (C=O) groups is 1. The van der Waals surface area contributed by atoms with Crippen LogP contribution in [0.25, 0.3) is 0 Å².